The number of unbranched alkanes of at least 4 members (excludes halogenated alkanes) is 36. The molecule has 60 heavy (non-hydrogen) atoms. The number of hydrogen-bond donors (Lipinski definition) is 4. The van der Waals surface area contributed by atoms with Gasteiger partial charge in [0.2, 0.25) is 5.91 Å². The number of allylic oxidation sites excluding steroid dienone is 5. The van der Waals surface area contributed by atoms with Gasteiger partial charge in [-0.2, -0.15) is 0 Å². The average Bonchev–Trinajstić information content (AvgIpc) is 3.24. The highest BCUT2D eigenvalue weighted by Gasteiger charge is 2.20. The van der Waals surface area contributed by atoms with E-state index in [-0.39, 0.29) is 18.9 Å². The fourth-order valence-corrected chi connectivity index (χ4v) is 8.32. The molecule has 4 N–H and O–H groups in total. The van der Waals surface area contributed by atoms with E-state index in [1.807, 2.05) is 6.08 Å². The summed E-state index contributed by atoms with van der Waals surface area (Å²) in [6.07, 6.45) is 64.7. The molecule has 0 spiro atoms. The first-order chi connectivity index (χ1) is 29.5. The lowest BCUT2D eigenvalue weighted by Crippen LogP contribution is -2.45. The van der Waals surface area contributed by atoms with Crippen molar-refractivity contribution in [2.45, 2.75) is 302 Å². The molecule has 0 aromatic heterocycles. The Balaban J connectivity index is 3.64. The van der Waals surface area contributed by atoms with Gasteiger partial charge in [-0.25, -0.2) is 0 Å². The third-order valence-corrected chi connectivity index (χ3v) is 12.4. The maximum atomic E-state index is 12.5. The molecule has 354 valence electrons. The molecular formula is C55H105NO4. The molecule has 0 radical (unpaired) electrons. The summed E-state index contributed by atoms with van der Waals surface area (Å²) >= 11 is 0. The van der Waals surface area contributed by atoms with E-state index in [1.165, 1.54) is 218 Å². The Morgan fingerprint density at radius 1 is 0.417 bits per heavy atom. The van der Waals surface area contributed by atoms with Gasteiger partial charge in [0.25, 0.3) is 0 Å². The molecule has 0 aliphatic carbocycles. The smallest absolute Gasteiger partial charge is 0.222 e. The lowest BCUT2D eigenvalue weighted by Gasteiger charge is -2.21. The Morgan fingerprint density at radius 3 is 1.07 bits per heavy atom. The van der Waals surface area contributed by atoms with E-state index < -0.39 is 18.2 Å². The zero-order valence-corrected chi connectivity index (χ0v) is 40.4. The van der Waals surface area contributed by atoms with Crippen LogP contribution in [0.4, 0.5) is 0 Å². The van der Waals surface area contributed by atoms with Crippen molar-refractivity contribution in [3.05, 3.63) is 36.5 Å². The molecule has 0 aliphatic heterocycles. The Hall–Kier alpha value is -1.43. The molecule has 3 unspecified atom stereocenters. The third kappa shape index (κ3) is 46.1. The second kappa shape index (κ2) is 50.2. The first-order valence-electron chi connectivity index (χ1n) is 26.8. The second-order valence-electron chi connectivity index (χ2n) is 18.5. The van der Waals surface area contributed by atoms with Crippen LogP contribution in [0.3, 0.4) is 0 Å². The van der Waals surface area contributed by atoms with Gasteiger partial charge < -0.3 is 20.6 Å². The van der Waals surface area contributed by atoms with E-state index in [0.717, 1.165) is 38.5 Å². The minimum atomic E-state index is -0.959. The summed E-state index contributed by atoms with van der Waals surface area (Å²) in [4.78, 5) is 12.5. The minimum absolute atomic E-state index is 0.00554. The number of carbonyl (C=O) groups excluding carboxylic acids is 1. The average molecular weight is 844 g/mol. The Bertz CT molecular complexity index is 931. The maximum Gasteiger partial charge on any atom is 0.222 e. The summed E-state index contributed by atoms with van der Waals surface area (Å²) in [5.41, 5.74) is 0. The van der Waals surface area contributed by atoms with Crippen LogP contribution in [0.15, 0.2) is 36.5 Å². The van der Waals surface area contributed by atoms with Crippen molar-refractivity contribution in [2.24, 2.45) is 0 Å². The molecule has 5 heteroatoms. The molecule has 0 rings (SSSR count). The van der Waals surface area contributed by atoms with E-state index in [1.54, 1.807) is 6.08 Å². The maximum absolute atomic E-state index is 12.5. The monoisotopic (exact) mass is 844 g/mol. The number of aliphatic hydroxyl groups is 3. The Kier molecular flexibility index (Phi) is 49.0. The first-order valence-corrected chi connectivity index (χ1v) is 26.8. The van der Waals surface area contributed by atoms with Crippen molar-refractivity contribution >= 4 is 5.91 Å². The van der Waals surface area contributed by atoms with Crippen molar-refractivity contribution in [1.29, 1.82) is 0 Å². The fraction of sp³-hybridized carbons (Fsp3) is 0.873. The van der Waals surface area contributed by atoms with E-state index in [4.69, 9.17) is 0 Å². The summed E-state index contributed by atoms with van der Waals surface area (Å²) in [6, 6.07) is -0.766. The molecule has 0 fully saturated rings. The first kappa shape index (κ1) is 58.6. The quantitative estimate of drug-likeness (QED) is 0.0363. The summed E-state index contributed by atoms with van der Waals surface area (Å²) in [5, 5.41) is 33.4. The third-order valence-electron chi connectivity index (χ3n) is 12.4. The molecule has 0 aromatic carbocycles. The van der Waals surface area contributed by atoms with E-state index >= 15 is 0 Å². The molecule has 0 aliphatic rings. The topological polar surface area (TPSA) is 89.8 Å². The molecule has 0 heterocycles. The normalized spacial score (nSPS) is 13.6. The predicted molar refractivity (Wildman–Crippen MR) is 264 cm³/mol. The molecule has 3 atom stereocenters. The largest absolute Gasteiger partial charge is 0.394 e. The van der Waals surface area contributed by atoms with E-state index in [2.05, 4.69) is 43.5 Å². The number of amides is 1. The van der Waals surface area contributed by atoms with E-state index in [9.17, 15) is 20.1 Å². The summed E-state index contributed by atoms with van der Waals surface area (Å²) in [6.45, 7) is 4.23. The van der Waals surface area contributed by atoms with Gasteiger partial charge in [-0.15, -0.1) is 0 Å². The summed E-state index contributed by atoms with van der Waals surface area (Å²) in [5.74, 6) is -0.325. The number of nitrogens with one attached hydrogen (secondary N) is 1. The van der Waals surface area contributed by atoms with Crippen LogP contribution < -0.4 is 5.32 Å². The summed E-state index contributed by atoms with van der Waals surface area (Å²) in [7, 11) is 0. The van der Waals surface area contributed by atoms with Crippen LogP contribution in [0.1, 0.15) is 284 Å². The van der Waals surface area contributed by atoms with Crippen LogP contribution >= 0.6 is 0 Å². The van der Waals surface area contributed by atoms with Gasteiger partial charge in [-0.05, 0) is 44.9 Å². The standard InChI is InChI=1S/C55H105NO4/c1-3-5-7-9-11-13-15-17-19-21-23-25-26-27-29-31-33-35-37-39-41-43-45-47-49-54(59)53(51-57)56-55(60)50-52(58)48-46-44-42-40-38-36-34-32-30-28-24-22-20-18-16-14-12-10-8-6-4-2/h31,33,39,41,47,49,52-54,57-59H,3-30,32,34-38,40,42-46,48,50-51H2,1-2H3,(H,56,60)/b33-31+,41-39+,49-47+. The van der Waals surface area contributed by atoms with Crippen molar-refractivity contribution in [3.8, 4) is 0 Å². The van der Waals surface area contributed by atoms with Crippen molar-refractivity contribution in [3.63, 3.8) is 0 Å². The Morgan fingerprint density at radius 2 is 0.717 bits per heavy atom. The lowest BCUT2D eigenvalue weighted by molar-refractivity contribution is -0.124. The van der Waals surface area contributed by atoms with Crippen LogP contribution in [0, 0.1) is 0 Å². The fourth-order valence-electron chi connectivity index (χ4n) is 8.32. The number of hydrogen-bond acceptors (Lipinski definition) is 4. The lowest BCUT2D eigenvalue weighted by atomic mass is 10.0. The van der Waals surface area contributed by atoms with Gasteiger partial charge in [0.15, 0.2) is 0 Å². The molecule has 0 bridgehead atoms. The van der Waals surface area contributed by atoms with Crippen molar-refractivity contribution in [2.75, 3.05) is 6.61 Å². The molecule has 0 saturated heterocycles. The number of aliphatic hydroxyl groups excluding tert-OH is 3. The van der Waals surface area contributed by atoms with Gasteiger partial charge in [0, 0.05) is 0 Å². The van der Waals surface area contributed by atoms with Crippen LogP contribution in [0.2, 0.25) is 0 Å². The van der Waals surface area contributed by atoms with Crippen molar-refractivity contribution in [1.82, 2.24) is 5.32 Å². The summed E-state index contributed by atoms with van der Waals surface area (Å²) < 4.78 is 0. The van der Waals surface area contributed by atoms with Gasteiger partial charge in [-0.3, -0.25) is 4.79 Å². The van der Waals surface area contributed by atoms with Gasteiger partial charge in [0.05, 0.1) is 31.3 Å². The van der Waals surface area contributed by atoms with Crippen LogP contribution in [-0.2, 0) is 4.79 Å². The van der Waals surface area contributed by atoms with Crippen molar-refractivity contribution < 1.29 is 20.1 Å². The zero-order chi connectivity index (χ0) is 43.7. The highest BCUT2D eigenvalue weighted by atomic mass is 16.3. The van der Waals surface area contributed by atoms with Gasteiger partial charge in [0.1, 0.15) is 0 Å². The second-order valence-corrected chi connectivity index (χ2v) is 18.5. The molecular weight excluding hydrogens is 739 g/mol. The molecule has 1 amide bonds. The minimum Gasteiger partial charge on any atom is -0.394 e. The number of rotatable bonds is 49. The highest BCUT2D eigenvalue weighted by molar-refractivity contribution is 5.76. The van der Waals surface area contributed by atoms with Gasteiger partial charge in [-0.1, -0.05) is 269 Å². The van der Waals surface area contributed by atoms with Crippen LogP contribution in [0.5, 0.6) is 0 Å². The van der Waals surface area contributed by atoms with Crippen LogP contribution in [-0.4, -0.2) is 46.1 Å². The predicted octanol–water partition coefficient (Wildman–Crippen LogP) is 16.3. The molecule has 5 nitrogen and oxygen atoms in total. The highest BCUT2D eigenvalue weighted by Crippen LogP contribution is 2.17. The Labute approximate surface area is 374 Å². The zero-order valence-electron chi connectivity index (χ0n) is 40.4. The van der Waals surface area contributed by atoms with Crippen LogP contribution in [0.25, 0.3) is 0 Å². The molecule has 0 aromatic rings. The number of carbonyl (C=O) groups is 1. The van der Waals surface area contributed by atoms with E-state index in [0.29, 0.717) is 6.42 Å². The molecule has 0 saturated carbocycles. The SMILES string of the molecule is CCCCCCCCCCCCCCCC/C=C/CC/C=C/CC/C=C/C(O)C(CO)NC(=O)CC(O)CCCCCCCCCCCCCCCCCCCCCCC. The van der Waals surface area contributed by atoms with Gasteiger partial charge >= 0.3 is 0 Å².